The van der Waals surface area contributed by atoms with Crippen LogP contribution in [0.2, 0.25) is 0 Å². The van der Waals surface area contributed by atoms with E-state index in [1.54, 1.807) is 0 Å². The molecule has 2 aromatic rings. The second-order valence-electron chi connectivity index (χ2n) is 2.84. The van der Waals surface area contributed by atoms with Gasteiger partial charge in [0, 0.05) is 24.1 Å². The van der Waals surface area contributed by atoms with E-state index >= 15 is 0 Å². The molecule has 0 bridgehead atoms. The van der Waals surface area contributed by atoms with Crippen molar-refractivity contribution >= 4 is 17.1 Å². The van der Waals surface area contributed by atoms with Crippen molar-refractivity contribution < 1.29 is 0 Å². The quantitative estimate of drug-likeness (QED) is 0.567. The Balaban J connectivity index is 2.91. The zero-order valence-electron chi connectivity index (χ0n) is 6.86. The smallest absolute Gasteiger partial charge is 0.0483 e. The Morgan fingerprint density at radius 1 is 1.33 bits per heavy atom. The monoisotopic (exact) mass is 157 g/mol. The van der Waals surface area contributed by atoms with Crippen molar-refractivity contribution in [2.75, 3.05) is 0 Å². The van der Waals surface area contributed by atoms with Crippen LogP contribution in [0.3, 0.4) is 0 Å². The molecule has 0 spiro atoms. The molecule has 2 nitrogen and oxygen atoms in total. The third-order valence-electron chi connectivity index (χ3n) is 2.07. The number of para-hydroxylation sites is 1. The Bertz CT molecular complexity index is 426. The highest BCUT2D eigenvalue weighted by molar-refractivity contribution is 6.00. The summed E-state index contributed by atoms with van der Waals surface area (Å²) in [7, 11) is 1.97. The maximum atomic E-state index is 8.91. The minimum atomic E-state index is 0.869. The fraction of sp³-hybridized carbons (Fsp3) is 0.100. The molecule has 0 N–H and O–H groups in total. The van der Waals surface area contributed by atoms with Gasteiger partial charge in [-0.15, -0.1) is 0 Å². The molecule has 1 aromatic heterocycles. The molecular formula is C10H9N2-. The van der Waals surface area contributed by atoms with Gasteiger partial charge in [-0.2, -0.15) is 6.21 Å². The lowest BCUT2D eigenvalue weighted by Gasteiger charge is -1.93. The van der Waals surface area contributed by atoms with Gasteiger partial charge < -0.3 is 9.98 Å². The number of hydrogen-bond donors (Lipinski definition) is 0. The summed E-state index contributed by atoms with van der Waals surface area (Å²) >= 11 is 0. The van der Waals surface area contributed by atoms with Crippen LogP contribution >= 0.6 is 0 Å². The molecule has 0 unspecified atom stereocenters. The number of fused-ring (bicyclic) bond motifs is 1. The van der Waals surface area contributed by atoms with Crippen LogP contribution in [0.15, 0.2) is 30.5 Å². The molecule has 1 aromatic carbocycles. The number of aromatic nitrogens is 1. The number of benzene rings is 1. The van der Waals surface area contributed by atoms with E-state index in [4.69, 9.17) is 5.41 Å². The SMILES string of the molecule is Cn1cc(C=[N-])c2ccccc21. The van der Waals surface area contributed by atoms with Crippen molar-refractivity contribution in [3.05, 3.63) is 41.4 Å². The van der Waals surface area contributed by atoms with Crippen LogP contribution in [0.5, 0.6) is 0 Å². The number of aryl methyl sites for hydroxylation is 1. The van der Waals surface area contributed by atoms with Crippen LogP contribution in [0.25, 0.3) is 16.3 Å². The number of rotatable bonds is 1. The lowest BCUT2D eigenvalue weighted by molar-refractivity contribution is 0.968. The van der Waals surface area contributed by atoms with Crippen LogP contribution in [0, 0.1) is 0 Å². The van der Waals surface area contributed by atoms with E-state index in [1.807, 2.05) is 42.1 Å². The molecule has 0 fully saturated rings. The second-order valence-corrected chi connectivity index (χ2v) is 2.84. The third kappa shape index (κ3) is 0.848. The summed E-state index contributed by atoms with van der Waals surface area (Å²) in [6.07, 6.45) is 3.05. The highest BCUT2D eigenvalue weighted by atomic mass is 14.9. The van der Waals surface area contributed by atoms with Crippen LogP contribution in [-0.2, 0) is 7.05 Å². The van der Waals surface area contributed by atoms with E-state index in [0.717, 1.165) is 22.7 Å². The molecule has 0 radical (unpaired) electrons. The van der Waals surface area contributed by atoms with Crippen molar-refractivity contribution in [1.82, 2.24) is 4.57 Å². The van der Waals surface area contributed by atoms with Gasteiger partial charge in [-0.25, -0.2) is 0 Å². The summed E-state index contributed by atoms with van der Waals surface area (Å²) in [6.45, 7) is 0. The maximum Gasteiger partial charge on any atom is 0.0483 e. The van der Waals surface area contributed by atoms with Crippen molar-refractivity contribution in [3.8, 4) is 0 Å². The zero-order chi connectivity index (χ0) is 8.55. The molecule has 0 aliphatic heterocycles. The molecule has 0 aliphatic carbocycles. The largest absolute Gasteiger partial charge is 0.810 e. The Morgan fingerprint density at radius 3 is 2.83 bits per heavy atom. The topological polar surface area (TPSA) is 27.2 Å². The minimum Gasteiger partial charge on any atom is -0.810 e. The van der Waals surface area contributed by atoms with Crippen molar-refractivity contribution in [2.24, 2.45) is 7.05 Å². The van der Waals surface area contributed by atoms with Gasteiger partial charge in [0.15, 0.2) is 0 Å². The standard InChI is InChI=1S/C10H9N2/c1-12-7-8(6-11)9-4-2-3-5-10(9)12/h2-7H,1H3/q-1. The minimum absolute atomic E-state index is 0.869. The van der Waals surface area contributed by atoms with Crippen molar-refractivity contribution in [2.45, 2.75) is 0 Å². The Hall–Kier alpha value is -1.57. The summed E-state index contributed by atoms with van der Waals surface area (Å²) in [5.74, 6) is 0. The lowest BCUT2D eigenvalue weighted by Crippen LogP contribution is -1.81. The van der Waals surface area contributed by atoms with E-state index in [1.165, 1.54) is 0 Å². The highest BCUT2D eigenvalue weighted by Gasteiger charge is 1.99. The maximum absolute atomic E-state index is 8.91. The number of hydrogen-bond acceptors (Lipinski definition) is 0. The normalized spacial score (nSPS) is 10.4. The number of nitrogens with zero attached hydrogens (tertiary/aromatic N) is 2. The molecule has 0 saturated carbocycles. The highest BCUT2D eigenvalue weighted by Crippen LogP contribution is 2.18. The molecule has 0 saturated heterocycles. The summed E-state index contributed by atoms with van der Waals surface area (Å²) in [6, 6.07) is 7.98. The zero-order valence-corrected chi connectivity index (χ0v) is 6.86. The molecule has 2 heteroatoms. The first kappa shape index (κ1) is 7.10. The van der Waals surface area contributed by atoms with E-state index in [9.17, 15) is 0 Å². The van der Waals surface area contributed by atoms with Gasteiger partial charge in [-0.1, -0.05) is 18.2 Å². The summed E-state index contributed by atoms with van der Waals surface area (Å²) < 4.78 is 2.00. The van der Waals surface area contributed by atoms with Crippen molar-refractivity contribution in [1.29, 1.82) is 0 Å². The molecule has 0 amide bonds. The van der Waals surface area contributed by atoms with Crippen LogP contribution < -0.4 is 0 Å². The van der Waals surface area contributed by atoms with Crippen LogP contribution in [-0.4, -0.2) is 10.8 Å². The fourth-order valence-corrected chi connectivity index (χ4v) is 1.48. The average Bonchev–Trinajstić information content (AvgIpc) is 2.44. The molecular weight excluding hydrogens is 148 g/mol. The molecule has 0 aliphatic rings. The molecule has 1 heterocycles. The second kappa shape index (κ2) is 2.48. The van der Waals surface area contributed by atoms with Crippen LogP contribution in [0.1, 0.15) is 5.56 Å². The molecule has 2 rings (SSSR count). The lowest BCUT2D eigenvalue weighted by atomic mass is 10.2. The Morgan fingerprint density at radius 2 is 2.08 bits per heavy atom. The van der Waals surface area contributed by atoms with Gasteiger partial charge in [-0.3, -0.25) is 0 Å². The Labute approximate surface area is 70.9 Å². The summed E-state index contributed by atoms with van der Waals surface area (Å²) in [5, 5.41) is 10.00. The van der Waals surface area contributed by atoms with Crippen molar-refractivity contribution in [3.63, 3.8) is 0 Å². The van der Waals surface area contributed by atoms with Gasteiger partial charge >= 0.3 is 0 Å². The van der Waals surface area contributed by atoms with Crippen LogP contribution in [0.4, 0.5) is 0 Å². The van der Waals surface area contributed by atoms with Gasteiger partial charge in [0.2, 0.25) is 0 Å². The third-order valence-corrected chi connectivity index (χ3v) is 2.07. The van der Waals surface area contributed by atoms with E-state index in [2.05, 4.69) is 0 Å². The fourth-order valence-electron chi connectivity index (χ4n) is 1.48. The Kier molecular flexibility index (Phi) is 1.47. The van der Waals surface area contributed by atoms with E-state index in [-0.39, 0.29) is 0 Å². The van der Waals surface area contributed by atoms with Gasteiger partial charge in [0.05, 0.1) is 0 Å². The molecule has 0 atom stereocenters. The van der Waals surface area contributed by atoms with Gasteiger partial charge in [0.25, 0.3) is 0 Å². The molecule has 12 heavy (non-hydrogen) atoms. The van der Waals surface area contributed by atoms with E-state index in [0.29, 0.717) is 0 Å². The first-order chi connectivity index (χ1) is 5.83. The van der Waals surface area contributed by atoms with Gasteiger partial charge in [-0.05, 0) is 11.6 Å². The predicted molar refractivity (Wildman–Crippen MR) is 51.4 cm³/mol. The molecule has 60 valence electrons. The predicted octanol–water partition coefficient (Wildman–Crippen LogP) is 2.17. The first-order valence-electron chi connectivity index (χ1n) is 3.84. The first-order valence-corrected chi connectivity index (χ1v) is 3.84. The van der Waals surface area contributed by atoms with E-state index < -0.39 is 0 Å². The van der Waals surface area contributed by atoms with Gasteiger partial charge in [0.1, 0.15) is 0 Å². The summed E-state index contributed by atoms with van der Waals surface area (Å²) in [5.41, 5.74) is 2.01. The summed E-state index contributed by atoms with van der Waals surface area (Å²) in [4.78, 5) is 0. The average molecular weight is 157 g/mol.